The Hall–Kier alpha value is -2.40. The molecule has 0 saturated heterocycles. The molecule has 1 aromatic carbocycles. The van der Waals surface area contributed by atoms with Gasteiger partial charge in [-0.25, -0.2) is 4.98 Å². The van der Waals surface area contributed by atoms with Gasteiger partial charge < -0.3 is 9.97 Å². The van der Waals surface area contributed by atoms with Gasteiger partial charge in [-0.05, 0) is 24.6 Å². The van der Waals surface area contributed by atoms with Crippen LogP contribution in [-0.4, -0.2) is 26.4 Å². The average Bonchev–Trinajstić information content (AvgIpc) is 2.96. The standard InChI is InChI=1S/C21H26N4O/c1-13-5-6-17-15(9-13)14(10-22-17)11-25-8-7-18-16(12-25)19(26)24-20(23-18)21(2,3)4/h5-6,9-10,22H,7-8,11-12H2,1-4H3,(H,23,24,26). The van der Waals surface area contributed by atoms with Crippen LogP contribution in [0.5, 0.6) is 0 Å². The first-order valence-electron chi connectivity index (χ1n) is 9.23. The topological polar surface area (TPSA) is 64.8 Å². The van der Waals surface area contributed by atoms with Gasteiger partial charge >= 0.3 is 0 Å². The van der Waals surface area contributed by atoms with Gasteiger partial charge in [0.2, 0.25) is 0 Å². The summed E-state index contributed by atoms with van der Waals surface area (Å²) < 4.78 is 0. The fraction of sp³-hybridized carbons (Fsp3) is 0.429. The normalized spacial score (nSPS) is 15.4. The van der Waals surface area contributed by atoms with Crippen molar-refractivity contribution in [3.05, 3.63) is 63.0 Å². The second kappa shape index (κ2) is 6.09. The van der Waals surface area contributed by atoms with Crippen molar-refractivity contribution < 1.29 is 0 Å². The number of fused-ring (bicyclic) bond motifs is 2. The Morgan fingerprint density at radius 3 is 2.85 bits per heavy atom. The van der Waals surface area contributed by atoms with Crippen LogP contribution in [0.1, 0.15) is 49.0 Å². The highest BCUT2D eigenvalue weighted by molar-refractivity contribution is 5.83. The second-order valence-corrected chi connectivity index (χ2v) is 8.41. The zero-order chi connectivity index (χ0) is 18.5. The Balaban J connectivity index is 1.61. The first-order valence-corrected chi connectivity index (χ1v) is 9.23. The minimum absolute atomic E-state index is 0.0133. The molecule has 0 aliphatic carbocycles. The molecule has 0 saturated carbocycles. The maximum atomic E-state index is 12.6. The van der Waals surface area contributed by atoms with Crippen LogP contribution in [0.15, 0.2) is 29.2 Å². The Morgan fingerprint density at radius 1 is 1.27 bits per heavy atom. The summed E-state index contributed by atoms with van der Waals surface area (Å²) in [5.41, 5.74) is 5.36. The lowest BCUT2D eigenvalue weighted by Gasteiger charge is -2.28. The van der Waals surface area contributed by atoms with Crippen LogP contribution in [0.25, 0.3) is 10.9 Å². The molecule has 0 fully saturated rings. The lowest BCUT2D eigenvalue weighted by atomic mass is 9.95. The van der Waals surface area contributed by atoms with Crippen LogP contribution < -0.4 is 5.56 Å². The van der Waals surface area contributed by atoms with Crippen LogP contribution in [0.3, 0.4) is 0 Å². The van der Waals surface area contributed by atoms with E-state index >= 15 is 0 Å². The molecular formula is C21H26N4O. The number of nitrogens with zero attached hydrogens (tertiary/aromatic N) is 2. The summed E-state index contributed by atoms with van der Waals surface area (Å²) in [4.78, 5) is 26.0. The number of benzene rings is 1. The predicted molar refractivity (Wildman–Crippen MR) is 104 cm³/mol. The third-order valence-electron chi connectivity index (χ3n) is 5.17. The van der Waals surface area contributed by atoms with E-state index in [9.17, 15) is 4.79 Å². The molecule has 3 heterocycles. The van der Waals surface area contributed by atoms with Crippen molar-refractivity contribution in [2.75, 3.05) is 6.54 Å². The third kappa shape index (κ3) is 3.07. The van der Waals surface area contributed by atoms with E-state index in [1.807, 2.05) is 0 Å². The molecule has 4 rings (SSSR count). The Labute approximate surface area is 153 Å². The number of nitrogens with one attached hydrogen (secondary N) is 2. The van der Waals surface area contributed by atoms with Gasteiger partial charge in [-0.2, -0.15) is 0 Å². The Kier molecular flexibility index (Phi) is 3.99. The lowest BCUT2D eigenvalue weighted by Crippen LogP contribution is -2.37. The van der Waals surface area contributed by atoms with Crippen molar-refractivity contribution >= 4 is 10.9 Å². The molecule has 136 valence electrons. The predicted octanol–water partition coefficient (Wildman–Crippen LogP) is 3.42. The molecule has 0 bridgehead atoms. The van der Waals surface area contributed by atoms with Crippen molar-refractivity contribution in [1.29, 1.82) is 0 Å². The van der Waals surface area contributed by atoms with Crippen molar-refractivity contribution in [2.45, 2.75) is 52.6 Å². The van der Waals surface area contributed by atoms with Gasteiger partial charge in [0.1, 0.15) is 5.82 Å². The summed E-state index contributed by atoms with van der Waals surface area (Å²) >= 11 is 0. The van der Waals surface area contributed by atoms with Crippen LogP contribution >= 0.6 is 0 Å². The molecule has 1 aliphatic rings. The van der Waals surface area contributed by atoms with Crippen LogP contribution in [0, 0.1) is 6.92 Å². The van der Waals surface area contributed by atoms with E-state index in [1.54, 1.807) is 0 Å². The first-order chi connectivity index (χ1) is 12.3. The van der Waals surface area contributed by atoms with Gasteiger partial charge in [0.25, 0.3) is 5.56 Å². The number of aryl methyl sites for hydroxylation is 1. The molecule has 0 atom stereocenters. The molecule has 2 aromatic heterocycles. The molecular weight excluding hydrogens is 324 g/mol. The monoisotopic (exact) mass is 350 g/mol. The van der Waals surface area contributed by atoms with Crippen LogP contribution in [0.4, 0.5) is 0 Å². The molecule has 1 aliphatic heterocycles. The molecule has 0 unspecified atom stereocenters. The maximum Gasteiger partial charge on any atom is 0.255 e. The summed E-state index contributed by atoms with van der Waals surface area (Å²) in [6, 6.07) is 6.48. The van der Waals surface area contributed by atoms with E-state index < -0.39 is 0 Å². The minimum Gasteiger partial charge on any atom is -0.361 e. The van der Waals surface area contributed by atoms with Crippen molar-refractivity contribution in [2.24, 2.45) is 0 Å². The molecule has 5 heteroatoms. The van der Waals surface area contributed by atoms with E-state index in [2.05, 4.69) is 67.0 Å². The highest BCUT2D eigenvalue weighted by atomic mass is 16.1. The van der Waals surface area contributed by atoms with E-state index in [0.29, 0.717) is 6.54 Å². The summed E-state index contributed by atoms with van der Waals surface area (Å²) in [7, 11) is 0. The number of aromatic nitrogens is 3. The van der Waals surface area contributed by atoms with Crippen molar-refractivity contribution in [1.82, 2.24) is 19.9 Å². The highest BCUT2D eigenvalue weighted by Gasteiger charge is 2.25. The number of hydrogen-bond acceptors (Lipinski definition) is 3. The fourth-order valence-electron chi connectivity index (χ4n) is 3.64. The fourth-order valence-corrected chi connectivity index (χ4v) is 3.64. The molecule has 26 heavy (non-hydrogen) atoms. The van der Waals surface area contributed by atoms with E-state index in [1.165, 1.54) is 16.5 Å². The zero-order valence-electron chi connectivity index (χ0n) is 15.9. The number of hydrogen-bond donors (Lipinski definition) is 2. The number of aromatic amines is 2. The molecule has 0 spiro atoms. The van der Waals surface area contributed by atoms with E-state index in [0.717, 1.165) is 42.1 Å². The highest BCUT2D eigenvalue weighted by Crippen LogP contribution is 2.24. The van der Waals surface area contributed by atoms with E-state index in [4.69, 9.17) is 4.98 Å². The van der Waals surface area contributed by atoms with Gasteiger partial charge in [0, 0.05) is 48.6 Å². The molecule has 5 nitrogen and oxygen atoms in total. The van der Waals surface area contributed by atoms with Gasteiger partial charge in [-0.1, -0.05) is 32.4 Å². The molecule has 0 amide bonds. The summed E-state index contributed by atoms with van der Waals surface area (Å²) in [5.74, 6) is 0.779. The Morgan fingerprint density at radius 2 is 2.08 bits per heavy atom. The lowest BCUT2D eigenvalue weighted by molar-refractivity contribution is 0.242. The summed E-state index contributed by atoms with van der Waals surface area (Å²) in [6.07, 6.45) is 2.91. The summed E-state index contributed by atoms with van der Waals surface area (Å²) in [6.45, 7) is 10.8. The number of H-pyrrole nitrogens is 2. The van der Waals surface area contributed by atoms with Gasteiger partial charge in [0.05, 0.1) is 11.3 Å². The van der Waals surface area contributed by atoms with Crippen molar-refractivity contribution in [3.63, 3.8) is 0 Å². The zero-order valence-corrected chi connectivity index (χ0v) is 15.9. The van der Waals surface area contributed by atoms with E-state index in [-0.39, 0.29) is 11.0 Å². The molecule has 3 aromatic rings. The number of rotatable bonds is 2. The first kappa shape index (κ1) is 17.0. The Bertz CT molecular complexity index is 1020. The summed E-state index contributed by atoms with van der Waals surface area (Å²) in [5, 5.41) is 1.27. The van der Waals surface area contributed by atoms with Gasteiger partial charge in [0.15, 0.2) is 0 Å². The van der Waals surface area contributed by atoms with Gasteiger partial charge in [-0.15, -0.1) is 0 Å². The van der Waals surface area contributed by atoms with Crippen molar-refractivity contribution in [3.8, 4) is 0 Å². The SMILES string of the molecule is Cc1ccc2[nH]cc(CN3CCc4nc(C(C)(C)C)[nH]c(=O)c4C3)c2c1. The third-order valence-corrected chi connectivity index (χ3v) is 5.17. The van der Waals surface area contributed by atoms with Gasteiger partial charge in [-0.3, -0.25) is 9.69 Å². The maximum absolute atomic E-state index is 12.6. The largest absolute Gasteiger partial charge is 0.361 e. The van der Waals surface area contributed by atoms with Crippen LogP contribution in [-0.2, 0) is 24.9 Å². The minimum atomic E-state index is -0.146. The smallest absolute Gasteiger partial charge is 0.255 e. The average molecular weight is 350 g/mol. The second-order valence-electron chi connectivity index (χ2n) is 8.41. The molecule has 0 radical (unpaired) electrons. The van der Waals surface area contributed by atoms with Crippen LogP contribution in [0.2, 0.25) is 0 Å². The molecule has 2 N–H and O–H groups in total. The quantitative estimate of drug-likeness (QED) is 0.744.